The quantitative estimate of drug-likeness (QED) is 0.764. The first-order valence-electron chi connectivity index (χ1n) is 8.35. The molecule has 130 valence electrons. The van der Waals surface area contributed by atoms with Crippen molar-refractivity contribution in [3.05, 3.63) is 53.7 Å². The van der Waals surface area contributed by atoms with Crippen molar-refractivity contribution in [3.63, 3.8) is 0 Å². The second-order valence-electron chi connectivity index (χ2n) is 6.57. The van der Waals surface area contributed by atoms with Crippen LogP contribution in [0.3, 0.4) is 0 Å². The summed E-state index contributed by atoms with van der Waals surface area (Å²) in [5.41, 5.74) is 2.07. The molecule has 0 aliphatic carbocycles. The number of hydrogen-bond donors (Lipinski definition) is 2. The van der Waals surface area contributed by atoms with Gasteiger partial charge < -0.3 is 10.1 Å². The van der Waals surface area contributed by atoms with Gasteiger partial charge in [0.1, 0.15) is 5.82 Å². The number of carboxylic acids is 1. The molecule has 0 amide bonds. The Balaban J connectivity index is 1.47. The number of benzene rings is 1. The number of H-pyrrole nitrogens is 1. The Bertz CT molecular complexity index is 917. The summed E-state index contributed by atoms with van der Waals surface area (Å²) in [4.78, 5) is 16.6. The van der Waals surface area contributed by atoms with Crippen molar-refractivity contribution in [2.45, 2.75) is 25.4 Å². The van der Waals surface area contributed by atoms with Crippen LogP contribution in [-0.4, -0.2) is 43.8 Å². The summed E-state index contributed by atoms with van der Waals surface area (Å²) in [5.74, 6) is -1.20. The summed E-state index contributed by atoms with van der Waals surface area (Å²) in [6.07, 6.45) is 5.01. The molecule has 1 aliphatic rings. The summed E-state index contributed by atoms with van der Waals surface area (Å²) in [7, 11) is 0. The van der Waals surface area contributed by atoms with Crippen molar-refractivity contribution >= 4 is 16.9 Å². The van der Waals surface area contributed by atoms with Gasteiger partial charge in [-0.2, -0.15) is 5.10 Å². The van der Waals surface area contributed by atoms with E-state index in [4.69, 9.17) is 5.11 Å². The fourth-order valence-corrected chi connectivity index (χ4v) is 3.52. The topological polar surface area (TPSA) is 74.2 Å². The molecule has 2 N–H and O–H groups in total. The number of nitrogens with zero attached hydrogens (tertiary/aromatic N) is 3. The van der Waals surface area contributed by atoms with Crippen LogP contribution in [0.2, 0.25) is 0 Å². The lowest BCUT2D eigenvalue weighted by atomic mass is 10.1. The number of piperidine rings is 1. The number of fused-ring (bicyclic) bond motifs is 1. The predicted molar refractivity (Wildman–Crippen MR) is 91.0 cm³/mol. The molecule has 25 heavy (non-hydrogen) atoms. The SMILES string of the molecule is O=C(O)c1cnn(C2CCCN(Cc3cc4ccc(F)cc4[nH]3)C2)c1. The zero-order valence-corrected chi connectivity index (χ0v) is 13.7. The van der Waals surface area contributed by atoms with Gasteiger partial charge in [0, 0.05) is 30.5 Å². The fraction of sp³-hybridized carbons (Fsp3) is 0.333. The summed E-state index contributed by atoms with van der Waals surface area (Å²) in [6, 6.07) is 6.97. The zero-order chi connectivity index (χ0) is 17.4. The highest BCUT2D eigenvalue weighted by Crippen LogP contribution is 2.24. The van der Waals surface area contributed by atoms with E-state index in [2.05, 4.69) is 21.0 Å². The lowest BCUT2D eigenvalue weighted by Crippen LogP contribution is -2.36. The van der Waals surface area contributed by atoms with Gasteiger partial charge in [-0.15, -0.1) is 0 Å². The van der Waals surface area contributed by atoms with Crippen LogP contribution in [-0.2, 0) is 6.54 Å². The second-order valence-corrected chi connectivity index (χ2v) is 6.57. The molecular weight excluding hydrogens is 323 g/mol. The van der Waals surface area contributed by atoms with E-state index < -0.39 is 5.97 Å². The van der Waals surface area contributed by atoms with Gasteiger partial charge >= 0.3 is 5.97 Å². The lowest BCUT2D eigenvalue weighted by Gasteiger charge is -2.32. The molecule has 0 saturated carbocycles. The fourth-order valence-electron chi connectivity index (χ4n) is 3.52. The number of halogens is 1. The molecule has 0 spiro atoms. The molecule has 1 aliphatic heterocycles. The van der Waals surface area contributed by atoms with Crippen molar-refractivity contribution in [2.75, 3.05) is 13.1 Å². The van der Waals surface area contributed by atoms with Gasteiger partial charge in [0.25, 0.3) is 0 Å². The molecule has 3 aromatic rings. The van der Waals surface area contributed by atoms with Gasteiger partial charge in [-0.25, -0.2) is 9.18 Å². The van der Waals surface area contributed by atoms with E-state index in [0.717, 1.165) is 49.1 Å². The monoisotopic (exact) mass is 342 g/mol. The molecule has 1 fully saturated rings. The number of aromatic carboxylic acids is 1. The first-order chi connectivity index (χ1) is 12.1. The van der Waals surface area contributed by atoms with Crippen molar-refractivity contribution in [3.8, 4) is 0 Å². The molecule has 1 saturated heterocycles. The molecule has 0 radical (unpaired) electrons. The normalized spacial score (nSPS) is 18.7. The minimum absolute atomic E-state index is 0.170. The average Bonchev–Trinajstić information content (AvgIpc) is 3.21. The van der Waals surface area contributed by atoms with Crippen LogP contribution >= 0.6 is 0 Å². The third-order valence-corrected chi connectivity index (χ3v) is 4.74. The summed E-state index contributed by atoms with van der Waals surface area (Å²) >= 11 is 0. The van der Waals surface area contributed by atoms with E-state index in [1.54, 1.807) is 16.9 Å². The smallest absolute Gasteiger partial charge is 0.338 e. The van der Waals surface area contributed by atoms with E-state index in [1.165, 1.54) is 18.3 Å². The number of rotatable bonds is 4. The van der Waals surface area contributed by atoms with E-state index in [-0.39, 0.29) is 17.4 Å². The van der Waals surface area contributed by atoms with Gasteiger partial charge in [-0.3, -0.25) is 9.58 Å². The Morgan fingerprint density at radius 2 is 2.28 bits per heavy atom. The first kappa shape index (κ1) is 15.8. The number of likely N-dealkylation sites (tertiary alicyclic amines) is 1. The minimum Gasteiger partial charge on any atom is -0.478 e. The Labute approximate surface area is 143 Å². The molecule has 4 rings (SSSR count). The van der Waals surface area contributed by atoms with Crippen LogP contribution in [0.4, 0.5) is 4.39 Å². The van der Waals surface area contributed by atoms with Crippen LogP contribution in [0.15, 0.2) is 36.7 Å². The molecular formula is C18H19FN4O2. The third kappa shape index (κ3) is 3.28. The zero-order valence-electron chi connectivity index (χ0n) is 13.7. The van der Waals surface area contributed by atoms with Crippen LogP contribution in [0.5, 0.6) is 0 Å². The number of carboxylic acid groups (broad SMARTS) is 1. The Kier molecular flexibility index (Phi) is 4.01. The largest absolute Gasteiger partial charge is 0.478 e. The third-order valence-electron chi connectivity index (χ3n) is 4.74. The number of nitrogens with one attached hydrogen (secondary N) is 1. The summed E-state index contributed by atoms with van der Waals surface area (Å²) < 4.78 is 15.1. The van der Waals surface area contributed by atoms with Gasteiger partial charge in [-0.05, 0) is 49.0 Å². The van der Waals surface area contributed by atoms with Crippen molar-refractivity contribution in [1.29, 1.82) is 0 Å². The molecule has 1 aromatic carbocycles. The Hall–Kier alpha value is -2.67. The van der Waals surface area contributed by atoms with Crippen LogP contribution in [0.1, 0.15) is 34.9 Å². The van der Waals surface area contributed by atoms with Crippen molar-refractivity contribution < 1.29 is 14.3 Å². The van der Waals surface area contributed by atoms with Gasteiger partial charge in [-0.1, -0.05) is 0 Å². The maximum atomic E-state index is 13.3. The highest BCUT2D eigenvalue weighted by atomic mass is 19.1. The Morgan fingerprint density at radius 3 is 3.08 bits per heavy atom. The van der Waals surface area contributed by atoms with Gasteiger partial charge in [0.15, 0.2) is 0 Å². The summed E-state index contributed by atoms with van der Waals surface area (Å²) in [5, 5.41) is 14.2. The van der Waals surface area contributed by atoms with Crippen molar-refractivity contribution in [1.82, 2.24) is 19.7 Å². The van der Waals surface area contributed by atoms with E-state index >= 15 is 0 Å². The Morgan fingerprint density at radius 1 is 1.40 bits per heavy atom. The number of aromatic nitrogens is 3. The molecule has 7 heteroatoms. The number of hydrogen-bond acceptors (Lipinski definition) is 3. The summed E-state index contributed by atoms with van der Waals surface area (Å²) in [6.45, 7) is 2.54. The maximum Gasteiger partial charge on any atom is 0.338 e. The molecule has 3 heterocycles. The van der Waals surface area contributed by atoms with Gasteiger partial charge in [0.05, 0.1) is 17.8 Å². The van der Waals surface area contributed by atoms with Crippen LogP contribution < -0.4 is 0 Å². The standard InChI is InChI=1S/C18H19FN4O2/c19-14-4-3-12-6-15(21-17(12)7-14)10-22-5-1-2-16(11-22)23-9-13(8-20-23)18(24)25/h3-4,6-9,16,21H,1-2,5,10-11H2,(H,24,25). The average molecular weight is 342 g/mol. The second kappa shape index (κ2) is 6.33. The molecule has 2 aromatic heterocycles. The first-order valence-corrected chi connectivity index (χ1v) is 8.35. The lowest BCUT2D eigenvalue weighted by molar-refractivity contribution is 0.0696. The molecule has 1 unspecified atom stereocenters. The van der Waals surface area contributed by atoms with E-state index in [0.29, 0.717) is 0 Å². The number of carbonyl (C=O) groups is 1. The molecule has 0 bridgehead atoms. The maximum absolute atomic E-state index is 13.3. The highest BCUT2D eigenvalue weighted by molar-refractivity contribution is 5.86. The number of aromatic amines is 1. The predicted octanol–water partition coefficient (Wildman–Crippen LogP) is 3.04. The highest BCUT2D eigenvalue weighted by Gasteiger charge is 2.23. The van der Waals surface area contributed by atoms with Crippen LogP contribution in [0, 0.1) is 5.82 Å². The molecule has 1 atom stereocenters. The van der Waals surface area contributed by atoms with E-state index in [9.17, 15) is 9.18 Å². The van der Waals surface area contributed by atoms with Crippen LogP contribution in [0.25, 0.3) is 10.9 Å². The van der Waals surface area contributed by atoms with Gasteiger partial charge in [0.2, 0.25) is 0 Å². The van der Waals surface area contributed by atoms with E-state index in [1.807, 2.05) is 0 Å². The minimum atomic E-state index is -0.954. The van der Waals surface area contributed by atoms with Crippen molar-refractivity contribution in [2.24, 2.45) is 0 Å². The molecule has 6 nitrogen and oxygen atoms in total.